The van der Waals surface area contributed by atoms with Crippen molar-refractivity contribution < 1.29 is 18.7 Å². The number of ether oxygens (including phenoxy) is 2. The fraction of sp³-hybridized carbons (Fsp3) is 0.208. The lowest BCUT2D eigenvalue weighted by atomic mass is 10.2. The van der Waals surface area contributed by atoms with Crippen LogP contribution in [-0.2, 0) is 18.4 Å². The Hall–Kier alpha value is -3.43. The highest BCUT2D eigenvalue weighted by Gasteiger charge is 2.27. The molecule has 0 unspecified atom stereocenters. The van der Waals surface area contributed by atoms with E-state index in [4.69, 9.17) is 25.5 Å². The zero-order chi connectivity index (χ0) is 23.5. The van der Waals surface area contributed by atoms with Gasteiger partial charge in [-0.15, -0.1) is 10.2 Å². The van der Waals surface area contributed by atoms with Crippen molar-refractivity contribution in [3.05, 3.63) is 77.3 Å². The second-order valence-corrected chi connectivity index (χ2v) is 8.98. The summed E-state index contributed by atoms with van der Waals surface area (Å²) in [4.78, 5) is 12.4. The van der Waals surface area contributed by atoms with Crippen LogP contribution in [-0.4, -0.2) is 33.0 Å². The molecule has 2 aromatic carbocycles. The van der Waals surface area contributed by atoms with Gasteiger partial charge in [-0.3, -0.25) is 4.79 Å². The molecule has 4 aromatic rings. The lowest BCUT2D eigenvalue weighted by molar-refractivity contribution is -0.118. The maximum absolute atomic E-state index is 12.4. The number of rotatable bonds is 7. The standard InChI is InChI=1S/C24H21ClN4O4S/c1-29-23(21-13-31-19-4-2-3-5-20(19)33-21)27-28-24(29)34-14-22(30)26-12-17-10-11-18(32-17)15-6-8-16(25)9-7-15/h2-11,21H,12-14H2,1H3,(H,26,30)/t21-/m1/s1. The number of thioether (sulfide) groups is 1. The first-order chi connectivity index (χ1) is 16.6. The number of hydrogen-bond acceptors (Lipinski definition) is 7. The van der Waals surface area contributed by atoms with E-state index in [1.807, 2.05) is 72.3 Å². The van der Waals surface area contributed by atoms with Crippen molar-refractivity contribution in [1.82, 2.24) is 20.1 Å². The molecule has 0 fully saturated rings. The largest absolute Gasteiger partial charge is 0.485 e. The first kappa shape index (κ1) is 22.4. The number of amides is 1. The number of halogens is 1. The molecule has 3 heterocycles. The Morgan fingerprint density at radius 3 is 2.74 bits per heavy atom. The normalized spacial score (nSPS) is 14.7. The molecule has 1 aliphatic rings. The van der Waals surface area contributed by atoms with Gasteiger partial charge < -0.3 is 23.8 Å². The molecule has 1 aliphatic heterocycles. The zero-order valence-corrected chi connectivity index (χ0v) is 19.8. The summed E-state index contributed by atoms with van der Waals surface area (Å²) in [5.74, 6) is 3.48. The van der Waals surface area contributed by atoms with Gasteiger partial charge in [0.25, 0.3) is 0 Å². The van der Waals surface area contributed by atoms with E-state index in [2.05, 4.69) is 15.5 Å². The summed E-state index contributed by atoms with van der Waals surface area (Å²) < 4.78 is 19.4. The molecular formula is C24H21ClN4O4S. The van der Waals surface area contributed by atoms with Crippen LogP contribution in [0.4, 0.5) is 0 Å². The first-order valence-corrected chi connectivity index (χ1v) is 11.9. The molecule has 1 amide bonds. The van der Waals surface area contributed by atoms with Crippen LogP contribution in [0.15, 0.2) is 70.2 Å². The van der Waals surface area contributed by atoms with Gasteiger partial charge in [0.15, 0.2) is 28.6 Å². The van der Waals surface area contributed by atoms with E-state index in [-0.39, 0.29) is 17.8 Å². The molecule has 0 spiro atoms. The average Bonchev–Trinajstić information content (AvgIpc) is 3.48. The third-order valence-electron chi connectivity index (χ3n) is 5.25. The summed E-state index contributed by atoms with van der Waals surface area (Å²) in [6.07, 6.45) is -0.371. The van der Waals surface area contributed by atoms with Crippen LogP contribution in [0.25, 0.3) is 11.3 Å². The number of hydrogen-bond donors (Lipinski definition) is 1. The van der Waals surface area contributed by atoms with Crippen LogP contribution in [0.5, 0.6) is 11.5 Å². The Bertz CT molecular complexity index is 1300. The van der Waals surface area contributed by atoms with Gasteiger partial charge in [0.1, 0.15) is 18.1 Å². The molecule has 0 saturated heterocycles. The zero-order valence-electron chi connectivity index (χ0n) is 18.2. The topological polar surface area (TPSA) is 91.4 Å². The molecule has 5 rings (SSSR count). The third-order valence-corrected chi connectivity index (χ3v) is 6.52. The highest BCUT2D eigenvalue weighted by molar-refractivity contribution is 7.99. The molecule has 0 aliphatic carbocycles. The summed E-state index contributed by atoms with van der Waals surface area (Å²) in [6.45, 7) is 0.638. The van der Waals surface area contributed by atoms with Crippen molar-refractivity contribution >= 4 is 29.3 Å². The van der Waals surface area contributed by atoms with Crippen molar-refractivity contribution in [2.75, 3.05) is 12.4 Å². The fourth-order valence-electron chi connectivity index (χ4n) is 3.49. The summed E-state index contributed by atoms with van der Waals surface area (Å²) in [6, 6.07) is 18.6. The Morgan fingerprint density at radius 2 is 1.91 bits per heavy atom. The predicted molar refractivity (Wildman–Crippen MR) is 128 cm³/mol. The summed E-state index contributed by atoms with van der Waals surface area (Å²) in [5.41, 5.74) is 0.923. The van der Waals surface area contributed by atoms with E-state index < -0.39 is 0 Å². The number of furan rings is 1. The second-order valence-electron chi connectivity index (χ2n) is 7.60. The second kappa shape index (κ2) is 9.82. The van der Waals surface area contributed by atoms with E-state index in [0.29, 0.717) is 46.4 Å². The summed E-state index contributed by atoms with van der Waals surface area (Å²) >= 11 is 7.23. The molecule has 174 valence electrons. The number of benzene rings is 2. The average molecular weight is 497 g/mol. The van der Waals surface area contributed by atoms with Crippen molar-refractivity contribution in [2.24, 2.45) is 7.05 Å². The summed E-state index contributed by atoms with van der Waals surface area (Å²) in [7, 11) is 1.85. The molecule has 0 radical (unpaired) electrons. The maximum Gasteiger partial charge on any atom is 0.230 e. The van der Waals surface area contributed by atoms with E-state index >= 15 is 0 Å². The highest BCUT2D eigenvalue weighted by Crippen LogP contribution is 2.35. The van der Waals surface area contributed by atoms with E-state index in [1.165, 1.54) is 11.8 Å². The smallest absolute Gasteiger partial charge is 0.230 e. The maximum atomic E-state index is 12.4. The van der Waals surface area contributed by atoms with Gasteiger partial charge in [-0.2, -0.15) is 0 Å². The highest BCUT2D eigenvalue weighted by atomic mass is 35.5. The third kappa shape index (κ3) is 4.90. The quantitative estimate of drug-likeness (QED) is 0.372. The number of nitrogens with one attached hydrogen (secondary N) is 1. The van der Waals surface area contributed by atoms with E-state index in [1.54, 1.807) is 0 Å². The van der Waals surface area contributed by atoms with E-state index in [9.17, 15) is 4.79 Å². The minimum Gasteiger partial charge on any atom is -0.485 e. The van der Waals surface area contributed by atoms with Crippen LogP contribution in [0.3, 0.4) is 0 Å². The van der Waals surface area contributed by atoms with Crippen molar-refractivity contribution in [3.63, 3.8) is 0 Å². The minimum absolute atomic E-state index is 0.134. The summed E-state index contributed by atoms with van der Waals surface area (Å²) in [5, 5.41) is 12.6. The van der Waals surface area contributed by atoms with Crippen LogP contribution in [0, 0.1) is 0 Å². The molecule has 1 N–H and O–H groups in total. The van der Waals surface area contributed by atoms with Gasteiger partial charge >= 0.3 is 0 Å². The fourth-order valence-corrected chi connectivity index (χ4v) is 4.36. The van der Waals surface area contributed by atoms with Crippen LogP contribution >= 0.6 is 23.4 Å². The van der Waals surface area contributed by atoms with Crippen LogP contribution < -0.4 is 14.8 Å². The molecule has 1 atom stereocenters. The predicted octanol–water partition coefficient (Wildman–Crippen LogP) is 4.65. The number of para-hydroxylation sites is 2. The van der Waals surface area contributed by atoms with Crippen LogP contribution in [0.2, 0.25) is 5.02 Å². The monoisotopic (exact) mass is 496 g/mol. The van der Waals surface area contributed by atoms with Crippen LogP contribution in [0.1, 0.15) is 17.7 Å². The van der Waals surface area contributed by atoms with Crippen molar-refractivity contribution in [3.8, 4) is 22.8 Å². The van der Waals surface area contributed by atoms with Gasteiger partial charge in [0, 0.05) is 17.6 Å². The van der Waals surface area contributed by atoms with Gasteiger partial charge in [-0.25, -0.2) is 0 Å². The number of carbonyl (C=O) groups is 1. The van der Waals surface area contributed by atoms with Crippen molar-refractivity contribution in [2.45, 2.75) is 17.8 Å². The van der Waals surface area contributed by atoms with Crippen molar-refractivity contribution in [1.29, 1.82) is 0 Å². The SMILES string of the molecule is Cn1c(SCC(=O)NCc2ccc(-c3ccc(Cl)cc3)o2)nnc1[C@H]1COc2ccccc2O1. The molecular weight excluding hydrogens is 476 g/mol. The van der Waals surface area contributed by atoms with E-state index in [0.717, 1.165) is 11.3 Å². The molecule has 0 saturated carbocycles. The Kier molecular flexibility index (Phi) is 6.46. The lowest BCUT2D eigenvalue weighted by Gasteiger charge is -2.25. The van der Waals surface area contributed by atoms with Gasteiger partial charge in [0.2, 0.25) is 5.91 Å². The van der Waals surface area contributed by atoms with Gasteiger partial charge in [0.05, 0.1) is 12.3 Å². The van der Waals surface area contributed by atoms with Gasteiger partial charge in [-0.05, 0) is 48.5 Å². The minimum atomic E-state index is -0.371. The number of carbonyl (C=O) groups excluding carboxylic acids is 1. The Balaban J connectivity index is 1.13. The number of fused-ring (bicyclic) bond motifs is 1. The lowest BCUT2D eigenvalue weighted by Crippen LogP contribution is -2.25. The molecule has 34 heavy (non-hydrogen) atoms. The Morgan fingerprint density at radius 1 is 1.12 bits per heavy atom. The van der Waals surface area contributed by atoms with Gasteiger partial charge in [-0.1, -0.05) is 35.5 Å². The Labute approximate surface area is 205 Å². The number of nitrogens with zero attached hydrogens (tertiary/aromatic N) is 3. The molecule has 10 heteroatoms. The molecule has 2 aromatic heterocycles. The number of aromatic nitrogens is 3. The molecule has 8 nitrogen and oxygen atoms in total. The first-order valence-electron chi connectivity index (χ1n) is 10.6. The molecule has 0 bridgehead atoms.